The number of carbonyl (C=O) groups excluding carboxylic acids is 4. The molecule has 3 aromatic rings. The van der Waals surface area contributed by atoms with E-state index in [4.69, 9.17) is 14.2 Å². The summed E-state index contributed by atoms with van der Waals surface area (Å²) in [6.07, 6.45) is -1.65. The van der Waals surface area contributed by atoms with Crippen molar-refractivity contribution in [3.8, 4) is 11.5 Å². The fourth-order valence-corrected chi connectivity index (χ4v) is 3.61. The molecule has 0 unspecified atom stereocenters. The second-order valence-electron chi connectivity index (χ2n) is 9.51. The van der Waals surface area contributed by atoms with Gasteiger partial charge in [-0.3, -0.25) is 20.3 Å². The number of aryl methyl sites for hydroxylation is 2. The summed E-state index contributed by atoms with van der Waals surface area (Å²) in [5.41, 5.74) is 7.44. The van der Waals surface area contributed by atoms with Crippen LogP contribution in [0.5, 0.6) is 11.5 Å². The van der Waals surface area contributed by atoms with Crippen molar-refractivity contribution in [1.29, 1.82) is 0 Å². The van der Waals surface area contributed by atoms with E-state index in [1.807, 2.05) is 19.9 Å². The third kappa shape index (κ3) is 10.0. The van der Waals surface area contributed by atoms with Gasteiger partial charge in [0.2, 0.25) is 0 Å². The maximum absolute atomic E-state index is 12.5. The zero-order valence-electron chi connectivity index (χ0n) is 24.0. The van der Waals surface area contributed by atoms with Crippen molar-refractivity contribution >= 4 is 29.9 Å². The largest absolute Gasteiger partial charge is 0.514 e. The lowest BCUT2D eigenvalue weighted by atomic mass is 10.1. The van der Waals surface area contributed by atoms with Crippen LogP contribution >= 0.6 is 0 Å². The number of nitro benzene ring substituents is 1. The zero-order chi connectivity index (χ0) is 31.5. The predicted octanol–water partition coefficient (Wildman–Crippen LogP) is 4.34. The Morgan fingerprint density at radius 1 is 0.791 bits per heavy atom. The van der Waals surface area contributed by atoms with Gasteiger partial charge >= 0.3 is 18.3 Å². The van der Waals surface area contributed by atoms with Gasteiger partial charge in [-0.15, -0.1) is 0 Å². The van der Waals surface area contributed by atoms with Crippen molar-refractivity contribution in [1.82, 2.24) is 20.7 Å². The number of ether oxygens (including phenoxy) is 3. The Morgan fingerprint density at radius 3 is 1.95 bits per heavy atom. The molecule has 226 valence electrons. The highest BCUT2D eigenvalue weighted by Crippen LogP contribution is 2.18. The number of likely N-dealkylation sites (N-methyl/N-ethyl adjacent to an activating group) is 2. The number of benzene rings is 3. The molecule has 0 aliphatic rings. The van der Waals surface area contributed by atoms with Crippen LogP contribution in [0.2, 0.25) is 0 Å². The minimum Gasteiger partial charge on any atom is -0.429 e. The van der Waals surface area contributed by atoms with Gasteiger partial charge in [-0.1, -0.05) is 29.3 Å². The first kappa shape index (κ1) is 31.9. The van der Waals surface area contributed by atoms with Crippen LogP contribution in [0.1, 0.15) is 27.0 Å². The molecule has 0 saturated heterocycles. The molecule has 0 atom stereocenters. The predicted molar refractivity (Wildman–Crippen MR) is 154 cm³/mol. The Bertz CT molecular complexity index is 1460. The van der Waals surface area contributed by atoms with Gasteiger partial charge in [-0.05, 0) is 55.8 Å². The first-order valence-electron chi connectivity index (χ1n) is 12.9. The van der Waals surface area contributed by atoms with E-state index in [2.05, 4.69) is 10.9 Å². The molecular weight excluding hydrogens is 562 g/mol. The molecule has 14 nitrogen and oxygen atoms in total. The number of hydrogen-bond donors (Lipinski definition) is 2. The average Bonchev–Trinajstić information content (AvgIpc) is 2.97. The van der Waals surface area contributed by atoms with Crippen LogP contribution in [0.25, 0.3) is 0 Å². The lowest BCUT2D eigenvalue weighted by molar-refractivity contribution is -0.384. The van der Waals surface area contributed by atoms with Crippen LogP contribution in [0.3, 0.4) is 0 Å². The van der Waals surface area contributed by atoms with Crippen LogP contribution in [-0.2, 0) is 11.3 Å². The topological polar surface area (TPSA) is 170 Å². The van der Waals surface area contributed by atoms with Gasteiger partial charge in [0, 0.05) is 44.9 Å². The van der Waals surface area contributed by atoms with E-state index in [9.17, 15) is 29.3 Å². The summed E-state index contributed by atoms with van der Waals surface area (Å²) in [4.78, 5) is 61.7. The maximum atomic E-state index is 12.5. The van der Waals surface area contributed by atoms with E-state index in [1.54, 1.807) is 24.3 Å². The quantitative estimate of drug-likeness (QED) is 0.159. The number of amides is 4. The highest BCUT2D eigenvalue weighted by atomic mass is 16.7. The third-order valence-corrected chi connectivity index (χ3v) is 5.93. The van der Waals surface area contributed by atoms with Crippen molar-refractivity contribution in [2.45, 2.75) is 20.5 Å². The van der Waals surface area contributed by atoms with E-state index in [-0.39, 0.29) is 36.9 Å². The molecule has 4 amide bonds. The highest BCUT2D eigenvalue weighted by molar-refractivity contribution is 5.95. The molecule has 0 radical (unpaired) electrons. The Morgan fingerprint density at radius 2 is 1.35 bits per heavy atom. The lowest BCUT2D eigenvalue weighted by Gasteiger charge is -2.22. The first-order valence-corrected chi connectivity index (χ1v) is 12.9. The fourth-order valence-electron chi connectivity index (χ4n) is 3.61. The minimum absolute atomic E-state index is 0.0914. The summed E-state index contributed by atoms with van der Waals surface area (Å²) in [7, 11) is 3.02. The van der Waals surface area contributed by atoms with Gasteiger partial charge < -0.3 is 24.0 Å². The minimum atomic E-state index is -0.992. The molecule has 0 aromatic heterocycles. The Labute approximate surface area is 247 Å². The summed E-state index contributed by atoms with van der Waals surface area (Å²) in [6.45, 7) is 3.92. The SMILES string of the molecule is Cc1cc(C)cc(C(=O)NNC(=O)N(C)CCN(C)C(=O)Oc2ccc(COC(=O)Oc3ccc([N+](=O)[O-])cc3)cc2)c1. The lowest BCUT2D eigenvalue weighted by Crippen LogP contribution is -2.49. The number of urea groups is 1. The molecule has 3 rings (SSSR count). The first-order chi connectivity index (χ1) is 20.4. The van der Waals surface area contributed by atoms with E-state index >= 15 is 0 Å². The van der Waals surface area contributed by atoms with Crippen molar-refractivity contribution < 1.29 is 38.3 Å². The van der Waals surface area contributed by atoms with E-state index in [0.717, 1.165) is 11.1 Å². The monoisotopic (exact) mass is 593 g/mol. The Hall–Kier alpha value is -5.66. The molecule has 0 heterocycles. The van der Waals surface area contributed by atoms with Crippen LogP contribution in [-0.4, -0.2) is 66.1 Å². The van der Waals surface area contributed by atoms with Gasteiger partial charge in [0.15, 0.2) is 0 Å². The van der Waals surface area contributed by atoms with Gasteiger partial charge in [0.05, 0.1) is 4.92 Å². The average molecular weight is 594 g/mol. The molecule has 0 fully saturated rings. The summed E-state index contributed by atoms with van der Waals surface area (Å²) in [6, 6.07) is 16.0. The number of nitro groups is 1. The van der Waals surface area contributed by atoms with Crippen molar-refractivity contribution in [3.63, 3.8) is 0 Å². The van der Waals surface area contributed by atoms with Gasteiger partial charge in [0.25, 0.3) is 11.6 Å². The van der Waals surface area contributed by atoms with Crippen LogP contribution in [0, 0.1) is 24.0 Å². The number of hydrazine groups is 1. The summed E-state index contributed by atoms with van der Waals surface area (Å²) >= 11 is 0. The molecule has 3 aromatic carbocycles. The van der Waals surface area contributed by atoms with Crippen LogP contribution in [0.15, 0.2) is 66.7 Å². The standard InChI is InChI=1S/C29H31N5O9/c1-19-15-20(2)17-22(16-19)26(35)30-31-27(36)32(3)13-14-33(4)28(37)42-24-9-5-21(6-10-24)18-41-29(38)43-25-11-7-23(8-12-25)34(39)40/h5-12,15-17H,13-14,18H2,1-4H3,(H,30,35)(H,31,36). The third-order valence-electron chi connectivity index (χ3n) is 5.93. The van der Waals surface area contributed by atoms with Gasteiger partial charge in [-0.2, -0.15) is 0 Å². The summed E-state index contributed by atoms with van der Waals surface area (Å²) in [5.74, 6) is -0.114. The molecule has 0 bridgehead atoms. The maximum Gasteiger partial charge on any atom is 0.514 e. The van der Waals surface area contributed by atoms with Crippen LogP contribution < -0.4 is 20.3 Å². The number of rotatable bonds is 9. The highest BCUT2D eigenvalue weighted by Gasteiger charge is 2.16. The van der Waals surface area contributed by atoms with E-state index < -0.39 is 29.1 Å². The second kappa shape index (κ2) is 14.8. The number of nitrogens with one attached hydrogen (secondary N) is 2. The molecular formula is C29H31N5O9. The molecule has 43 heavy (non-hydrogen) atoms. The number of hydrogen-bond acceptors (Lipinski definition) is 9. The van der Waals surface area contributed by atoms with Crippen molar-refractivity contribution in [3.05, 3.63) is 99.1 Å². The van der Waals surface area contributed by atoms with Crippen molar-refractivity contribution in [2.24, 2.45) is 0 Å². The second-order valence-corrected chi connectivity index (χ2v) is 9.51. The zero-order valence-corrected chi connectivity index (χ0v) is 24.0. The number of nitrogens with zero attached hydrogens (tertiary/aromatic N) is 3. The normalized spacial score (nSPS) is 10.2. The van der Waals surface area contributed by atoms with Gasteiger partial charge in [-0.25, -0.2) is 19.8 Å². The Balaban J connectivity index is 1.37. The molecule has 0 spiro atoms. The van der Waals surface area contributed by atoms with E-state index in [1.165, 1.54) is 60.3 Å². The molecule has 0 aliphatic carbocycles. The smallest absolute Gasteiger partial charge is 0.429 e. The number of non-ortho nitro benzene ring substituents is 1. The van der Waals surface area contributed by atoms with E-state index in [0.29, 0.717) is 11.1 Å². The molecule has 14 heteroatoms. The summed E-state index contributed by atoms with van der Waals surface area (Å²) in [5, 5.41) is 10.7. The van der Waals surface area contributed by atoms with Gasteiger partial charge in [0.1, 0.15) is 18.1 Å². The Kier molecular flexibility index (Phi) is 11.0. The summed E-state index contributed by atoms with van der Waals surface area (Å²) < 4.78 is 15.3. The molecule has 0 saturated carbocycles. The number of carbonyl (C=O) groups is 4. The molecule has 2 N–H and O–H groups in total. The van der Waals surface area contributed by atoms with Crippen LogP contribution in [0.4, 0.5) is 20.1 Å². The van der Waals surface area contributed by atoms with Crippen molar-refractivity contribution in [2.75, 3.05) is 27.2 Å². The molecule has 0 aliphatic heterocycles. The fraction of sp³-hybridized carbons (Fsp3) is 0.241.